The highest BCUT2D eigenvalue weighted by atomic mass is 16.6. The monoisotopic (exact) mass is 379 g/mol. The highest BCUT2D eigenvalue weighted by molar-refractivity contribution is 5.96. The van der Waals surface area contributed by atoms with Crippen molar-refractivity contribution in [1.29, 1.82) is 5.41 Å². The van der Waals surface area contributed by atoms with Crippen LogP contribution in [0.15, 0.2) is 48.5 Å². The molecule has 0 radical (unpaired) electrons. The standard InChI is InChI=1S/C12H15NO.C12H14O2/c2*1-8(2)12(3)10-7-5-4-6-9(10)11(13)14-12/h4-8,13H,1-3H3;4-8H,1-3H3. The van der Waals surface area contributed by atoms with E-state index in [0.717, 1.165) is 16.7 Å². The normalized spacial score (nSPS) is 25.0. The van der Waals surface area contributed by atoms with E-state index in [1.54, 1.807) is 0 Å². The summed E-state index contributed by atoms with van der Waals surface area (Å²) in [6.07, 6.45) is 0. The summed E-state index contributed by atoms with van der Waals surface area (Å²) in [5.41, 5.74) is 3.02. The van der Waals surface area contributed by atoms with E-state index in [2.05, 4.69) is 40.7 Å². The lowest BCUT2D eigenvalue weighted by molar-refractivity contribution is -0.0228. The van der Waals surface area contributed by atoms with Gasteiger partial charge in [0, 0.05) is 16.7 Å². The van der Waals surface area contributed by atoms with E-state index < -0.39 is 5.60 Å². The van der Waals surface area contributed by atoms with Crippen LogP contribution in [0.1, 0.15) is 68.6 Å². The molecule has 4 rings (SSSR count). The fourth-order valence-electron chi connectivity index (χ4n) is 3.69. The minimum atomic E-state index is -0.451. The highest BCUT2D eigenvalue weighted by Crippen LogP contribution is 2.42. The van der Waals surface area contributed by atoms with Gasteiger partial charge in [-0.3, -0.25) is 5.41 Å². The van der Waals surface area contributed by atoms with Crippen LogP contribution >= 0.6 is 0 Å². The number of carbonyl (C=O) groups excluding carboxylic acids is 1. The maximum Gasteiger partial charge on any atom is 0.339 e. The van der Waals surface area contributed by atoms with Gasteiger partial charge in [0.15, 0.2) is 0 Å². The SMILES string of the molecule is CC(C)C1(C)OC(=N)c2ccccc21.CC(C)C1(C)OC(=O)c2ccccc21. The Morgan fingerprint density at radius 2 is 1.18 bits per heavy atom. The van der Waals surface area contributed by atoms with Gasteiger partial charge in [-0.15, -0.1) is 0 Å². The van der Waals surface area contributed by atoms with Gasteiger partial charge in [0.2, 0.25) is 5.90 Å². The van der Waals surface area contributed by atoms with Gasteiger partial charge in [-0.2, -0.15) is 0 Å². The Kier molecular flexibility index (Phi) is 5.09. The minimum Gasteiger partial charge on any atom is -0.466 e. The van der Waals surface area contributed by atoms with E-state index in [4.69, 9.17) is 14.9 Å². The summed E-state index contributed by atoms with van der Waals surface area (Å²) in [5, 5.41) is 7.76. The number of hydrogen-bond donors (Lipinski definition) is 1. The highest BCUT2D eigenvalue weighted by Gasteiger charge is 2.43. The number of benzene rings is 2. The Labute approximate surface area is 167 Å². The molecule has 2 aromatic carbocycles. The molecule has 2 unspecified atom stereocenters. The Morgan fingerprint density at radius 3 is 1.71 bits per heavy atom. The van der Waals surface area contributed by atoms with E-state index >= 15 is 0 Å². The molecule has 2 aromatic rings. The second-order valence-corrected chi connectivity index (χ2v) is 8.44. The number of nitrogens with one attached hydrogen (secondary N) is 1. The Balaban J connectivity index is 0.000000161. The van der Waals surface area contributed by atoms with E-state index in [9.17, 15) is 4.79 Å². The molecule has 4 heteroatoms. The van der Waals surface area contributed by atoms with Crippen LogP contribution in [-0.2, 0) is 20.7 Å². The summed E-state index contributed by atoms with van der Waals surface area (Å²) < 4.78 is 11.1. The van der Waals surface area contributed by atoms with Crippen LogP contribution < -0.4 is 0 Å². The first-order valence-corrected chi connectivity index (χ1v) is 9.81. The summed E-state index contributed by atoms with van der Waals surface area (Å²) in [6, 6.07) is 15.6. The third-order valence-electron chi connectivity index (χ3n) is 6.21. The molecule has 0 aromatic heterocycles. The summed E-state index contributed by atoms with van der Waals surface area (Å²) >= 11 is 0. The molecule has 0 aliphatic carbocycles. The number of esters is 1. The number of cyclic esters (lactones) is 1. The molecule has 4 nitrogen and oxygen atoms in total. The van der Waals surface area contributed by atoms with Crippen molar-refractivity contribution >= 4 is 11.9 Å². The first-order valence-electron chi connectivity index (χ1n) is 9.81. The number of carbonyl (C=O) groups is 1. The maximum atomic E-state index is 11.6. The summed E-state index contributed by atoms with van der Waals surface area (Å²) in [5.74, 6) is 0.759. The molecule has 148 valence electrons. The predicted molar refractivity (Wildman–Crippen MR) is 111 cm³/mol. The van der Waals surface area contributed by atoms with Crippen molar-refractivity contribution < 1.29 is 14.3 Å². The molecule has 2 atom stereocenters. The number of fused-ring (bicyclic) bond motifs is 2. The smallest absolute Gasteiger partial charge is 0.339 e. The molecular formula is C24H29NO3. The summed E-state index contributed by atoms with van der Waals surface area (Å²) in [7, 11) is 0. The van der Waals surface area contributed by atoms with Gasteiger partial charge >= 0.3 is 5.97 Å². The van der Waals surface area contributed by atoms with Crippen LogP contribution in [0.4, 0.5) is 0 Å². The van der Waals surface area contributed by atoms with Gasteiger partial charge in [-0.25, -0.2) is 4.79 Å². The van der Waals surface area contributed by atoms with Gasteiger partial charge in [0.05, 0.1) is 5.56 Å². The molecule has 1 N–H and O–H groups in total. The van der Waals surface area contributed by atoms with Gasteiger partial charge in [0.1, 0.15) is 11.2 Å². The molecular weight excluding hydrogens is 350 g/mol. The van der Waals surface area contributed by atoms with Crippen molar-refractivity contribution in [1.82, 2.24) is 0 Å². The second-order valence-electron chi connectivity index (χ2n) is 8.44. The summed E-state index contributed by atoms with van der Waals surface area (Å²) in [4.78, 5) is 11.6. The molecule has 0 bridgehead atoms. The quantitative estimate of drug-likeness (QED) is 0.687. The van der Waals surface area contributed by atoms with Crippen LogP contribution in [0.5, 0.6) is 0 Å². The average molecular weight is 380 g/mol. The molecule has 0 spiro atoms. The molecule has 2 heterocycles. The van der Waals surface area contributed by atoms with E-state index in [1.807, 2.05) is 49.4 Å². The van der Waals surface area contributed by atoms with Crippen LogP contribution in [0.25, 0.3) is 0 Å². The van der Waals surface area contributed by atoms with Crippen molar-refractivity contribution in [3.05, 3.63) is 70.8 Å². The van der Waals surface area contributed by atoms with Crippen molar-refractivity contribution in [2.75, 3.05) is 0 Å². The maximum absolute atomic E-state index is 11.6. The zero-order chi connectivity index (χ0) is 20.7. The average Bonchev–Trinajstić information content (AvgIpc) is 3.09. The first kappa shape index (κ1) is 20.1. The van der Waals surface area contributed by atoms with Crippen molar-refractivity contribution in [2.45, 2.75) is 52.7 Å². The zero-order valence-corrected chi connectivity index (χ0v) is 17.5. The lowest BCUT2D eigenvalue weighted by Gasteiger charge is -2.28. The van der Waals surface area contributed by atoms with Gasteiger partial charge < -0.3 is 9.47 Å². The number of rotatable bonds is 2. The van der Waals surface area contributed by atoms with E-state index in [-0.39, 0.29) is 17.5 Å². The predicted octanol–water partition coefficient (Wildman–Crippen LogP) is 5.64. The molecule has 2 aliphatic rings. The fourth-order valence-corrected chi connectivity index (χ4v) is 3.69. The Bertz CT molecular complexity index is 842. The van der Waals surface area contributed by atoms with E-state index in [1.165, 1.54) is 0 Å². The zero-order valence-electron chi connectivity index (χ0n) is 17.5. The van der Waals surface area contributed by atoms with Crippen molar-refractivity contribution in [3.63, 3.8) is 0 Å². The third kappa shape index (κ3) is 3.11. The lowest BCUT2D eigenvalue weighted by Crippen LogP contribution is -2.28. The van der Waals surface area contributed by atoms with Crippen LogP contribution in [-0.4, -0.2) is 11.9 Å². The summed E-state index contributed by atoms with van der Waals surface area (Å²) in [6.45, 7) is 12.4. The lowest BCUT2D eigenvalue weighted by atomic mass is 9.84. The largest absolute Gasteiger partial charge is 0.466 e. The Hall–Kier alpha value is -2.62. The molecule has 28 heavy (non-hydrogen) atoms. The third-order valence-corrected chi connectivity index (χ3v) is 6.21. The van der Waals surface area contributed by atoms with Crippen LogP contribution in [0.2, 0.25) is 0 Å². The fraction of sp³-hybridized carbons (Fsp3) is 0.417. The molecule has 0 saturated heterocycles. The van der Waals surface area contributed by atoms with Crippen molar-refractivity contribution in [2.24, 2.45) is 11.8 Å². The first-order chi connectivity index (χ1) is 13.1. The van der Waals surface area contributed by atoms with Gasteiger partial charge in [-0.1, -0.05) is 64.1 Å². The van der Waals surface area contributed by atoms with Crippen molar-refractivity contribution in [3.8, 4) is 0 Å². The number of ether oxygens (including phenoxy) is 2. The topological polar surface area (TPSA) is 59.4 Å². The van der Waals surface area contributed by atoms with Gasteiger partial charge in [-0.05, 0) is 37.8 Å². The minimum absolute atomic E-state index is 0.197. The van der Waals surface area contributed by atoms with Crippen LogP contribution in [0.3, 0.4) is 0 Å². The molecule has 2 aliphatic heterocycles. The Morgan fingerprint density at radius 1 is 0.750 bits per heavy atom. The van der Waals surface area contributed by atoms with E-state index in [0.29, 0.717) is 17.4 Å². The second kappa shape index (κ2) is 7.08. The molecule has 0 fully saturated rings. The van der Waals surface area contributed by atoms with Gasteiger partial charge in [0.25, 0.3) is 0 Å². The number of hydrogen-bond acceptors (Lipinski definition) is 4. The molecule has 0 saturated carbocycles. The van der Waals surface area contributed by atoms with Crippen LogP contribution in [0, 0.1) is 17.2 Å². The molecule has 0 amide bonds.